The minimum Gasteiger partial charge on any atom is -0.457 e. The predicted molar refractivity (Wildman–Crippen MR) is 74.5 cm³/mol. The number of aryl methyl sites for hydroxylation is 2. The van der Waals surface area contributed by atoms with Gasteiger partial charge in [-0.25, -0.2) is 0 Å². The summed E-state index contributed by atoms with van der Waals surface area (Å²) >= 11 is 0. The van der Waals surface area contributed by atoms with Gasteiger partial charge in [0.05, 0.1) is 4.92 Å². The molecule has 0 radical (unpaired) electrons. The molecular formula is C15H13NO4. The first kappa shape index (κ1) is 13.7. The molecule has 0 unspecified atom stereocenters. The van der Waals surface area contributed by atoms with Crippen LogP contribution >= 0.6 is 0 Å². The van der Waals surface area contributed by atoms with Crippen molar-refractivity contribution in [3.8, 4) is 11.5 Å². The van der Waals surface area contributed by atoms with Crippen molar-refractivity contribution in [2.45, 2.75) is 13.8 Å². The van der Waals surface area contributed by atoms with Gasteiger partial charge in [-0.3, -0.25) is 14.9 Å². The third kappa shape index (κ3) is 2.83. The molecule has 0 aliphatic carbocycles. The van der Waals surface area contributed by atoms with E-state index in [0.717, 1.165) is 6.29 Å². The summed E-state index contributed by atoms with van der Waals surface area (Å²) in [6.07, 6.45) is 0.755. The number of nitro benzene ring substituents is 1. The number of carbonyl (C=O) groups is 1. The van der Waals surface area contributed by atoms with Crippen LogP contribution < -0.4 is 4.74 Å². The fourth-order valence-electron chi connectivity index (χ4n) is 1.82. The standard InChI is InChI=1S/C15H13NO4/c1-10-8-15(11(2)7-14(10)16(18)19)20-13-5-3-12(9-17)4-6-13/h3-9H,1-2H3. The average Bonchev–Trinajstić information content (AvgIpc) is 2.43. The minimum absolute atomic E-state index is 0.0751. The van der Waals surface area contributed by atoms with Gasteiger partial charge in [0.2, 0.25) is 0 Å². The van der Waals surface area contributed by atoms with E-state index in [-0.39, 0.29) is 5.69 Å². The lowest BCUT2D eigenvalue weighted by Gasteiger charge is -2.10. The monoisotopic (exact) mass is 271 g/mol. The first-order chi connectivity index (χ1) is 9.51. The molecule has 0 aliphatic heterocycles. The average molecular weight is 271 g/mol. The van der Waals surface area contributed by atoms with Crippen LogP contribution in [0.3, 0.4) is 0 Å². The maximum atomic E-state index is 10.8. The molecule has 0 aliphatic rings. The topological polar surface area (TPSA) is 69.4 Å². The molecule has 5 nitrogen and oxygen atoms in total. The lowest BCUT2D eigenvalue weighted by molar-refractivity contribution is -0.385. The van der Waals surface area contributed by atoms with Gasteiger partial charge in [0.1, 0.15) is 17.8 Å². The Balaban J connectivity index is 2.31. The Hall–Kier alpha value is -2.69. The third-order valence-electron chi connectivity index (χ3n) is 2.93. The zero-order chi connectivity index (χ0) is 14.7. The summed E-state index contributed by atoms with van der Waals surface area (Å²) in [5.41, 5.74) is 1.86. The van der Waals surface area contributed by atoms with Crippen LogP contribution in [0.4, 0.5) is 5.69 Å². The molecule has 2 rings (SSSR count). The van der Waals surface area contributed by atoms with Gasteiger partial charge in [-0.05, 0) is 49.7 Å². The van der Waals surface area contributed by atoms with E-state index in [1.54, 1.807) is 44.2 Å². The zero-order valence-corrected chi connectivity index (χ0v) is 11.1. The molecule has 20 heavy (non-hydrogen) atoms. The van der Waals surface area contributed by atoms with E-state index in [4.69, 9.17) is 4.74 Å². The van der Waals surface area contributed by atoms with E-state index in [9.17, 15) is 14.9 Å². The fraction of sp³-hybridized carbons (Fsp3) is 0.133. The lowest BCUT2D eigenvalue weighted by atomic mass is 10.1. The van der Waals surface area contributed by atoms with Crippen LogP contribution in [0, 0.1) is 24.0 Å². The number of ether oxygens (including phenoxy) is 1. The lowest BCUT2D eigenvalue weighted by Crippen LogP contribution is -1.95. The van der Waals surface area contributed by atoms with Crippen LogP contribution in [0.15, 0.2) is 36.4 Å². The minimum atomic E-state index is -0.412. The van der Waals surface area contributed by atoms with E-state index in [0.29, 0.717) is 28.2 Å². The van der Waals surface area contributed by atoms with E-state index in [1.165, 1.54) is 6.07 Å². The molecule has 5 heteroatoms. The van der Waals surface area contributed by atoms with Crippen molar-refractivity contribution in [1.82, 2.24) is 0 Å². The highest BCUT2D eigenvalue weighted by molar-refractivity contribution is 5.74. The van der Waals surface area contributed by atoms with Crippen molar-refractivity contribution < 1.29 is 14.5 Å². The largest absolute Gasteiger partial charge is 0.457 e. The van der Waals surface area contributed by atoms with Crippen molar-refractivity contribution in [3.05, 3.63) is 63.2 Å². The second-order valence-electron chi connectivity index (χ2n) is 4.45. The SMILES string of the molecule is Cc1cc([N+](=O)[O-])c(C)cc1Oc1ccc(C=O)cc1. The van der Waals surface area contributed by atoms with E-state index >= 15 is 0 Å². The van der Waals surface area contributed by atoms with Gasteiger partial charge in [-0.2, -0.15) is 0 Å². The van der Waals surface area contributed by atoms with E-state index in [1.807, 2.05) is 0 Å². The number of benzene rings is 2. The molecule has 102 valence electrons. The van der Waals surface area contributed by atoms with Crippen LogP contribution in [0.25, 0.3) is 0 Å². The van der Waals surface area contributed by atoms with Crippen molar-refractivity contribution >= 4 is 12.0 Å². The number of nitro groups is 1. The van der Waals surface area contributed by atoms with Crippen LogP contribution in [0.5, 0.6) is 11.5 Å². The zero-order valence-electron chi connectivity index (χ0n) is 11.1. The van der Waals surface area contributed by atoms with Gasteiger partial charge >= 0.3 is 0 Å². The summed E-state index contributed by atoms with van der Waals surface area (Å²) in [5, 5.41) is 10.8. The molecule has 0 saturated heterocycles. The fourth-order valence-corrected chi connectivity index (χ4v) is 1.82. The number of aldehydes is 1. The molecule has 0 N–H and O–H groups in total. The Labute approximate surface area is 116 Å². The normalized spacial score (nSPS) is 10.1. The van der Waals surface area contributed by atoms with Crippen molar-refractivity contribution in [2.75, 3.05) is 0 Å². The molecule has 0 bridgehead atoms. The number of hydrogen-bond donors (Lipinski definition) is 0. The van der Waals surface area contributed by atoms with Gasteiger partial charge in [0.25, 0.3) is 5.69 Å². The Morgan fingerprint density at radius 3 is 2.30 bits per heavy atom. The summed E-state index contributed by atoms with van der Waals surface area (Å²) in [7, 11) is 0. The summed E-state index contributed by atoms with van der Waals surface area (Å²) < 4.78 is 5.69. The summed E-state index contributed by atoms with van der Waals surface area (Å²) in [5.74, 6) is 1.14. The second-order valence-corrected chi connectivity index (χ2v) is 4.45. The highest BCUT2D eigenvalue weighted by atomic mass is 16.6. The number of hydrogen-bond acceptors (Lipinski definition) is 4. The molecule has 0 spiro atoms. The smallest absolute Gasteiger partial charge is 0.272 e. The highest BCUT2D eigenvalue weighted by Gasteiger charge is 2.14. The van der Waals surface area contributed by atoms with Crippen LogP contribution in [0.1, 0.15) is 21.5 Å². The first-order valence-corrected chi connectivity index (χ1v) is 6.00. The van der Waals surface area contributed by atoms with Crippen molar-refractivity contribution in [3.63, 3.8) is 0 Å². The van der Waals surface area contributed by atoms with Crippen LogP contribution in [-0.4, -0.2) is 11.2 Å². The summed E-state index contributed by atoms with van der Waals surface area (Å²) in [6, 6.07) is 9.79. The number of carbonyl (C=O) groups excluding carboxylic acids is 1. The Morgan fingerprint density at radius 1 is 1.10 bits per heavy atom. The van der Waals surface area contributed by atoms with Crippen LogP contribution in [0.2, 0.25) is 0 Å². The Kier molecular flexibility index (Phi) is 3.79. The highest BCUT2D eigenvalue weighted by Crippen LogP contribution is 2.31. The van der Waals surface area contributed by atoms with E-state index in [2.05, 4.69) is 0 Å². The molecule has 0 amide bonds. The predicted octanol–water partition coefficient (Wildman–Crippen LogP) is 3.82. The maximum absolute atomic E-state index is 10.8. The summed E-state index contributed by atoms with van der Waals surface area (Å²) in [4.78, 5) is 21.0. The molecule has 0 fully saturated rings. The van der Waals surface area contributed by atoms with Gasteiger partial charge in [-0.15, -0.1) is 0 Å². The Bertz CT molecular complexity index is 662. The molecular weight excluding hydrogens is 258 g/mol. The van der Waals surface area contributed by atoms with Gasteiger partial charge in [-0.1, -0.05) is 0 Å². The molecule has 2 aromatic carbocycles. The van der Waals surface area contributed by atoms with E-state index < -0.39 is 4.92 Å². The molecule has 0 aromatic heterocycles. The van der Waals surface area contributed by atoms with Crippen molar-refractivity contribution in [1.29, 1.82) is 0 Å². The number of rotatable bonds is 4. The van der Waals surface area contributed by atoms with Crippen LogP contribution in [-0.2, 0) is 0 Å². The van der Waals surface area contributed by atoms with Gasteiger partial charge in [0, 0.05) is 17.2 Å². The van der Waals surface area contributed by atoms with Crippen molar-refractivity contribution in [2.24, 2.45) is 0 Å². The maximum Gasteiger partial charge on any atom is 0.272 e. The summed E-state index contributed by atoms with van der Waals surface area (Å²) in [6.45, 7) is 3.42. The molecule has 2 aromatic rings. The first-order valence-electron chi connectivity index (χ1n) is 6.00. The molecule has 0 heterocycles. The quantitative estimate of drug-likeness (QED) is 0.481. The number of nitrogens with zero attached hydrogens (tertiary/aromatic N) is 1. The second kappa shape index (κ2) is 5.52. The van der Waals surface area contributed by atoms with Gasteiger partial charge < -0.3 is 4.74 Å². The van der Waals surface area contributed by atoms with Gasteiger partial charge in [0.15, 0.2) is 0 Å². The Morgan fingerprint density at radius 2 is 1.75 bits per heavy atom. The third-order valence-corrected chi connectivity index (χ3v) is 2.93. The molecule has 0 atom stereocenters. The molecule has 0 saturated carbocycles.